The molecule has 1 aromatic carbocycles. The third-order valence-corrected chi connectivity index (χ3v) is 4.69. The smallest absolute Gasteiger partial charge is 0.340 e. The first-order chi connectivity index (χ1) is 13.3. The van der Waals surface area contributed by atoms with E-state index in [1.54, 1.807) is 0 Å². The fraction of sp³-hybridized carbons (Fsp3) is 0.300. The molecular weight excluding hydrogens is 362 g/mol. The third-order valence-electron chi connectivity index (χ3n) is 4.69. The van der Waals surface area contributed by atoms with Gasteiger partial charge in [0.05, 0.1) is 29.1 Å². The van der Waals surface area contributed by atoms with Gasteiger partial charge in [0.2, 0.25) is 0 Å². The van der Waals surface area contributed by atoms with E-state index in [4.69, 9.17) is 9.47 Å². The molecule has 146 valence electrons. The van der Waals surface area contributed by atoms with Gasteiger partial charge in [-0.3, -0.25) is 13.9 Å². The molecule has 0 N–H and O–H groups in total. The molecule has 2 heterocycles. The zero-order valence-electron chi connectivity index (χ0n) is 16.2. The van der Waals surface area contributed by atoms with Crippen molar-refractivity contribution < 1.29 is 14.3 Å². The number of esters is 1. The molecule has 0 radical (unpaired) electrons. The van der Waals surface area contributed by atoms with Crippen LogP contribution in [-0.2, 0) is 36.8 Å². The van der Waals surface area contributed by atoms with Crippen LogP contribution in [0, 0.1) is 6.92 Å². The van der Waals surface area contributed by atoms with Crippen LogP contribution in [0.15, 0.2) is 39.9 Å². The third kappa shape index (κ3) is 3.46. The first kappa shape index (κ1) is 19.5. The van der Waals surface area contributed by atoms with Crippen molar-refractivity contribution in [2.24, 2.45) is 14.1 Å². The van der Waals surface area contributed by atoms with Gasteiger partial charge in [-0.1, -0.05) is 18.2 Å². The molecule has 8 heteroatoms. The van der Waals surface area contributed by atoms with E-state index in [0.29, 0.717) is 17.0 Å². The molecule has 0 fully saturated rings. The second-order valence-electron chi connectivity index (χ2n) is 6.46. The zero-order chi connectivity index (χ0) is 20.4. The van der Waals surface area contributed by atoms with E-state index in [1.807, 2.05) is 31.2 Å². The summed E-state index contributed by atoms with van der Waals surface area (Å²) in [5.74, 6) is -0.587. The minimum absolute atomic E-state index is 0.153. The number of rotatable bonds is 5. The molecule has 8 nitrogen and oxygen atoms in total. The molecule has 3 aromatic rings. The van der Waals surface area contributed by atoms with Crippen LogP contribution in [0.25, 0.3) is 10.9 Å². The molecule has 0 spiro atoms. The average molecular weight is 383 g/mol. The van der Waals surface area contributed by atoms with Crippen molar-refractivity contribution in [3.05, 3.63) is 73.7 Å². The van der Waals surface area contributed by atoms with Crippen molar-refractivity contribution in [3.8, 4) is 0 Å². The lowest BCUT2D eigenvalue weighted by Gasteiger charge is -2.15. The molecule has 2 aromatic heterocycles. The number of para-hydroxylation sites is 1. The van der Waals surface area contributed by atoms with Gasteiger partial charge in [-0.05, 0) is 18.6 Å². The highest BCUT2D eigenvalue weighted by molar-refractivity contribution is 5.98. The topological polar surface area (TPSA) is 92.4 Å². The van der Waals surface area contributed by atoms with Crippen molar-refractivity contribution in [3.63, 3.8) is 0 Å². The number of pyridine rings is 1. The molecule has 0 aliphatic rings. The van der Waals surface area contributed by atoms with Crippen molar-refractivity contribution in [1.82, 2.24) is 14.1 Å². The Kier molecular flexibility index (Phi) is 5.41. The van der Waals surface area contributed by atoms with E-state index in [-0.39, 0.29) is 13.2 Å². The van der Waals surface area contributed by atoms with Gasteiger partial charge in [-0.25, -0.2) is 14.6 Å². The van der Waals surface area contributed by atoms with E-state index in [2.05, 4.69) is 4.98 Å². The number of aryl methyl sites for hydroxylation is 1. The lowest BCUT2D eigenvalue weighted by Crippen LogP contribution is -2.38. The maximum Gasteiger partial charge on any atom is 0.340 e. The maximum atomic E-state index is 12.8. The highest BCUT2D eigenvalue weighted by atomic mass is 16.5. The fourth-order valence-corrected chi connectivity index (χ4v) is 3.08. The molecule has 0 saturated heterocycles. The fourth-order valence-electron chi connectivity index (χ4n) is 3.08. The zero-order valence-corrected chi connectivity index (χ0v) is 16.2. The quantitative estimate of drug-likeness (QED) is 0.619. The second kappa shape index (κ2) is 7.77. The molecule has 28 heavy (non-hydrogen) atoms. The van der Waals surface area contributed by atoms with Crippen LogP contribution in [0.5, 0.6) is 0 Å². The van der Waals surface area contributed by atoms with Gasteiger partial charge in [0.15, 0.2) is 0 Å². The molecule has 0 aliphatic carbocycles. The Morgan fingerprint density at radius 1 is 1.11 bits per heavy atom. The first-order valence-corrected chi connectivity index (χ1v) is 8.65. The Hall–Kier alpha value is -3.26. The summed E-state index contributed by atoms with van der Waals surface area (Å²) in [5, 5.41) is 0.843. The van der Waals surface area contributed by atoms with Crippen molar-refractivity contribution in [2.45, 2.75) is 20.1 Å². The summed E-state index contributed by atoms with van der Waals surface area (Å²) < 4.78 is 12.9. The summed E-state index contributed by atoms with van der Waals surface area (Å²) in [6, 6.07) is 8.77. The molecule has 0 saturated carbocycles. The number of ether oxygens (including phenoxy) is 2. The SMILES string of the molecule is COCc1nc2ccccc2c(C)c1C(=O)OCc1cc(=O)n(C)c(=O)n1C. The molecular formula is C20H21N3O5. The number of aromatic nitrogens is 3. The Bertz CT molecular complexity index is 1180. The summed E-state index contributed by atoms with van der Waals surface area (Å²) in [6.45, 7) is 1.77. The van der Waals surface area contributed by atoms with E-state index in [9.17, 15) is 14.4 Å². The Morgan fingerprint density at radius 3 is 2.54 bits per heavy atom. The molecule has 0 amide bonds. The Balaban J connectivity index is 1.98. The van der Waals surface area contributed by atoms with Gasteiger partial charge in [0, 0.05) is 32.7 Å². The standard InChI is InChI=1S/C20H21N3O5/c1-12-14-7-5-6-8-15(14)21-16(11-27-4)18(12)19(25)28-10-13-9-17(24)23(3)20(26)22(13)2/h5-9H,10-11H2,1-4H3. The van der Waals surface area contributed by atoms with Crippen LogP contribution >= 0.6 is 0 Å². The Morgan fingerprint density at radius 2 is 1.82 bits per heavy atom. The average Bonchev–Trinajstić information content (AvgIpc) is 2.68. The van der Waals surface area contributed by atoms with Crippen molar-refractivity contribution in [2.75, 3.05) is 7.11 Å². The predicted molar refractivity (Wildman–Crippen MR) is 103 cm³/mol. The lowest BCUT2D eigenvalue weighted by atomic mass is 10.0. The summed E-state index contributed by atoms with van der Waals surface area (Å²) in [5.41, 5.74) is 1.66. The summed E-state index contributed by atoms with van der Waals surface area (Å²) in [4.78, 5) is 41.2. The monoisotopic (exact) mass is 383 g/mol. The summed E-state index contributed by atoms with van der Waals surface area (Å²) in [6.07, 6.45) is 0. The van der Waals surface area contributed by atoms with Crippen LogP contribution in [0.3, 0.4) is 0 Å². The number of hydrogen-bond donors (Lipinski definition) is 0. The van der Waals surface area contributed by atoms with E-state index in [0.717, 1.165) is 21.0 Å². The summed E-state index contributed by atoms with van der Waals surface area (Å²) >= 11 is 0. The molecule has 0 bridgehead atoms. The maximum absolute atomic E-state index is 12.8. The normalized spacial score (nSPS) is 11.0. The Labute approximate surface area is 161 Å². The number of methoxy groups -OCH3 is 1. The van der Waals surface area contributed by atoms with E-state index in [1.165, 1.54) is 31.8 Å². The van der Waals surface area contributed by atoms with Gasteiger partial charge in [-0.15, -0.1) is 0 Å². The summed E-state index contributed by atoms with van der Waals surface area (Å²) in [7, 11) is 4.43. The van der Waals surface area contributed by atoms with Gasteiger partial charge < -0.3 is 9.47 Å². The van der Waals surface area contributed by atoms with Crippen LogP contribution in [0.2, 0.25) is 0 Å². The van der Waals surface area contributed by atoms with Crippen LogP contribution in [0.1, 0.15) is 27.3 Å². The van der Waals surface area contributed by atoms with Crippen LogP contribution in [-0.4, -0.2) is 27.2 Å². The van der Waals surface area contributed by atoms with Gasteiger partial charge in [-0.2, -0.15) is 0 Å². The van der Waals surface area contributed by atoms with Crippen LogP contribution < -0.4 is 11.2 Å². The predicted octanol–water partition coefficient (Wildman–Crippen LogP) is 1.44. The number of hydrogen-bond acceptors (Lipinski definition) is 6. The van der Waals surface area contributed by atoms with Crippen molar-refractivity contribution in [1.29, 1.82) is 0 Å². The highest BCUT2D eigenvalue weighted by Crippen LogP contribution is 2.24. The largest absolute Gasteiger partial charge is 0.456 e. The lowest BCUT2D eigenvalue weighted by molar-refractivity contribution is 0.0456. The van der Waals surface area contributed by atoms with Gasteiger partial charge in [0.25, 0.3) is 5.56 Å². The molecule has 3 rings (SSSR count). The minimum atomic E-state index is -0.587. The number of fused-ring (bicyclic) bond motifs is 1. The van der Waals surface area contributed by atoms with E-state index >= 15 is 0 Å². The molecule has 0 atom stereocenters. The van der Waals surface area contributed by atoms with E-state index < -0.39 is 17.2 Å². The van der Waals surface area contributed by atoms with Crippen LogP contribution in [0.4, 0.5) is 0 Å². The second-order valence-corrected chi connectivity index (χ2v) is 6.46. The van der Waals surface area contributed by atoms with Gasteiger partial charge >= 0.3 is 11.7 Å². The number of nitrogens with zero attached hydrogens (tertiary/aromatic N) is 3. The number of carbonyl (C=O) groups excluding carboxylic acids is 1. The molecule has 0 aliphatic heterocycles. The number of benzene rings is 1. The highest BCUT2D eigenvalue weighted by Gasteiger charge is 2.20. The number of carbonyl (C=O) groups is 1. The van der Waals surface area contributed by atoms with Crippen molar-refractivity contribution >= 4 is 16.9 Å². The molecule has 0 unspecified atom stereocenters. The van der Waals surface area contributed by atoms with Gasteiger partial charge in [0.1, 0.15) is 6.61 Å². The first-order valence-electron chi connectivity index (χ1n) is 8.65. The minimum Gasteiger partial charge on any atom is -0.456 e.